The zero-order chi connectivity index (χ0) is 65.6. The van der Waals surface area contributed by atoms with Gasteiger partial charge in [-0.1, -0.05) is 273 Å². The van der Waals surface area contributed by atoms with Crippen LogP contribution in [0.5, 0.6) is 0 Å². The van der Waals surface area contributed by atoms with Crippen molar-refractivity contribution in [3.05, 3.63) is 370 Å². The van der Waals surface area contributed by atoms with Gasteiger partial charge >= 0.3 is 0 Å². The minimum absolute atomic E-state index is 0.694. The predicted molar refractivity (Wildman–Crippen MR) is 411 cm³/mol. The Morgan fingerprint density at radius 2 is 0.424 bits per heavy atom. The monoisotopic (exact) mass is 1260 g/mol. The molecule has 0 saturated carbocycles. The minimum atomic E-state index is 0.694. The predicted octanol–water partition coefficient (Wildman–Crippen LogP) is 23.6. The summed E-state index contributed by atoms with van der Waals surface area (Å²) in [4.78, 5) is 20.2. The Kier molecular flexibility index (Phi) is 14.8. The normalized spacial score (nSPS) is 11.4. The van der Waals surface area contributed by atoms with Crippen LogP contribution in [0.1, 0.15) is 0 Å². The van der Waals surface area contributed by atoms with E-state index in [4.69, 9.17) is 19.9 Å². The molecule has 0 saturated heterocycles. The Morgan fingerprint density at radius 3 is 0.828 bits per heavy atom. The molecule has 0 N–H and O–H groups in total. The van der Waals surface area contributed by atoms with Crippen molar-refractivity contribution in [1.82, 2.24) is 33.6 Å². The van der Waals surface area contributed by atoms with E-state index in [1.54, 1.807) is 0 Å². The fraction of sp³-hybridized carbons (Fsp3) is 0. The molecular weight excluding hydrogens is 1200 g/mol. The maximum absolute atomic E-state index is 5.13. The molecule has 0 fully saturated rings. The van der Waals surface area contributed by atoms with Crippen LogP contribution in [0.25, 0.3) is 173 Å². The van der Waals surface area contributed by atoms with Crippen molar-refractivity contribution in [3.8, 4) is 107 Å². The van der Waals surface area contributed by atoms with E-state index in [9.17, 15) is 0 Å². The van der Waals surface area contributed by atoms with Gasteiger partial charge in [-0.2, -0.15) is 0 Å². The summed E-state index contributed by atoms with van der Waals surface area (Å²) >= 11 is 0. The second-order valence-electron chi connectivity index (χ2n) is 24.9. The third-order valence-electron chi connectivity index (χ3n) is 19.0. The van der Waals surface area contributed by atoms with E-state index in [0.717, 1.165) is 89.8 Å². The Hall–Kier alpha value is -13.4. The lowest BCUT2D eigenvalue weighted by molar-refractivity contribution is 1.16. The van der Waals surface area contributed by atoms with Crippen molar-refractivity contribution in [2.75, 3.05) is 0 Å². The number of hydrogen-bond acceptors (Lipinski definition) is 4. The fourth-order valence-electron chi connectivity index (χ4n) is 14.2. The SMILES string of the molecule is c1ccc(-c2cc(-c3ccccc3)nc(-c3ccc(-c4ccc(-n5c6ccccc6c6ccccc65)cc4)cc3)n2)cc1.c1ccc(-c2cc(-c3ccccc3)nc(-c3cccc(-n4c5ccccc5c5cc(-c6ccc7c(c6)c6ccccc6n7-c6ccccc6)ccc54)c3)n2)cc1. The van der Waals surface area contributed by atoms with Crippen LogP contribution < -0.4 is 0 Å². The van der Waals surface area contributed by atoms with Crippen molar-refractivity contribution < 1.29 is 0 Å². The summed E-state index contributed by atoms with van der Waals surface area (Å²) < 4.78 is 7.08. The van der Waals surface area contributed by atoms with Crippen LogP contribution in [0.4, 0.5) is 0 Å². The first-order chi connectivity index (χ1) is 49.1. The second kappa shape index (κ2) is 25.1. The summed E-state index contributed by atoms with van der Waals surface area (Å²) in [5.74, 6) is 1.41. The average molecular weight is 1260 g/mol. The summed E-state index contributed by atoms with van der Waals surface area (Å²) in [6.07, 6.45) is 0. The van der Waals surface area contributed by atoms with E-state index >= 15 is 0 Å². The van der Waals surface area contributed by atoms with E-state index < -0.39 is 0 Å². The maximum atomic E-state index is 5.13. The van der Waals surface area contributed by atoms with Crippen molar-refractivity contribution >= 4 is 65.4 Å². The highest BCUT2D eigenvalue weighted by Gasteiger charge is 2.20. The summed E-state index contributed by atoms with van der Waals surface area (Å²) in [7, 11) is 0. The zero-order valence-electron chi connectivity index (χ0n) is 53.8. The van der Waals surface area contributed by atoms with Crippen LogP contribution in [0.3, 0.4) is 0 Å². The van der Waals surface area contributed by atoms with Gasteiger partial charge in [0.05, 0.1) is 55.9 Å². The number of hydrogen-bond donors (Lipinski definition) is 0. The lowest BCUT2D eigenvalue weighted by Gasteiger charge is -2.12. The minimum Gasteiger partial charge on any atom is -0.309 e. The molecule has 0 aliphatic rings. The van der Waals surface area contributed by atoms with E-state index in [1.807, 2.05) is 48.5 Å². The lowest BCUT2D eigenvalue weighted by Crippen LogP contribution is -1.98. The molecule has 0 aliphatic heterocycles. The second-order valence-corrected chi connectivity index (χ2v) is 24.9. The van der Waals surface area contributed by atoms with Gasteiger partial charge in [0.25, 0.3) is 0 Å². The van der Waals surface area contributed by atoms with Gasteiger partial charge in [-0.3, -0.25) is 0 Å². The summed E-state index contributed by atoms with van der Waals surface area (Å²) in [5, 5.41) is 7.46. The summed E-state index contributed by atoms with van der Waals surface area (Å²) in [6, 6.07) is 130. The zero-order valence-corrected chi connectivity index (χ0v) is 53.8. The van der Waals surface area contributed by atoms with Gasteiger partial charge in [0.15, 0.2) is 11.6 Å². The Bertz CT molecular complexity index is 6010. The first-order valence-corrected chi connectivity index (χ1v) is 33.5. The third kappa shape index (κ3) is 10.9. The van der Waals surface area contributed by atoms with Gasteiger partial charge in [-0.05, 0) is 119 Å². The van der Waals surface area contributed by atoms with E-state index in [2.05, 4.69) is 335 Å². The largest absolute Gasteiger partial charge is 0.309 e. The summed E-state index contributed by atoms with van der Waals surface area (Å²) in [6.45, 7) is 0. The number of aromatic nitrogens is 7. The number of benzene rings is 14. The standard InChI is InChI=1S/C52H34N4.C40H27N3/c1-4-15-35(16-5-1)46-34-47(36-17-6-2-7-18-36)54-52(53-46)39-19-14-22-41(31-39)56-49-26-13-11-24-43(49)45-33-38(28-30-51(45)56)37-27-29-50-44(32-37)42-23-10-12-25-48(42)55(50)40-20-8-3-9-21-40;1-3-11-30(12-4-1)36-27-37(31-13-5-2-6-14-31)42-40(41-36)32-21-19-28(20-22-32)29-23-25-33(26-24-29)43-38-17-9-7-15-34(38)35-16-8-10-18-39(35)43/h1-34H;1-27H. The molecule has 5 heterocycles. The van der Waals surface area contributed by atoms with Gasteiger partial charge in [-0.25, -0.2) is 19.9 Å². The van der Waals surface area contributed by atoms with Crippen LogP contribution in [-0.4, -0.2) is 33.6 Å². The highest BCUT2D eigenvalue weighted by molar-refractivity contribution is 6.13. The molecular formula is C92H61N7. The Balaban J connectivity index is 0.000000148. The van der Waals surface area contributed by atoms with E-state index in [1.165, 1.54) is 71.1 Å². The van der Waals surface area contributed by atoms with Crippen molar-refractivity contribution in [2.24, 2.45) is 0 Å². The van der Waals surface area contributed by atoms with Gasteiger partial charge in [0.2, 0.25) is 0 Å². The Labute approximate surface area is 572 Å². The Morgan fingerprint density at radius 1 is 0.152 bits per heavy atom. The molecule has 19 aromatic rings. The van der Waals surface area contributed by atoms with Crippen molar-refractivity contribution in [1.29, 1.82) is 0 Å². The van der Waals surface area contributed by atoms with Crippen LogP contribution in [0.15, 0.2) is 370 Å². The molecule has 0 unspecified atom stereocenters. The maximum Gasteiger partial charge on any atom is 0.160 e. The number of fused-ring (bicyclic) bond motifs is 9. The number of rotatable bonds is 11. The summed E-state index contributed by atoms with van der Waals surface area (Å²) in [5.41, 5.74) is 25.0. The number of nitrogens with zero attached hydrogens (tertiary/aromatic N) is 7. The first kappa shape index (κ1) is 58.2. The van der Waals surface area contributed by atoms with Crippen LogP contribution in [-0.2, 0) is 0 Å². The first-order valence-electron chi connectivity index (χ1n) is 33.5. The molecule has 0 spiro atoms. The van der Waals surface area contributed by atoms with Crippen molar-refractivity contribution in [3.63, 3.8) is 0 Å². The smallest absolute Gasteiger partial charge is 0.160 e. The van der Waals surface area contributed by atoms with Crippen LogP contribution in [0.2, 0.25) is 0 Å². The molecule has 0 aliphatic carbocycles. The lowest BCUT2D eigenvalue weighted by atomic mass is 10.0. The van der Waals surface area contributed by atoms with Crippen LogP contribution >= 0.6 is 0 Å². The molecule has 0 radical (unpaired) electrons. The van der Waals surface area contributed by atoms with Crippen LogP contribution in [0, 0.1) is 0 Å². The fourth-order valence-corrected chi connectivity index (χ4v) is 14.2. The molecule has 14 aromatic carbocycles. The molecule has 7 nitrogen and oxygen atoms in total. The molecule has 99 heavy (non-hydrogen) atoms. The van der Waals surface area contributed by atoms with Crippen molar-refractivity contribution in [2.45, 2.75) is 0 Å². The molecule has 0 atom stereocenters. The van der Waals surface area contributed by atoms with E-state index in [0.29, 0.717) is 11.6 Å². The average Bonchev–Trinajstić information content (AvgIpc) is 1.58. The van der Waals surface area contributed by atoms with Gasteiger partial charge < -0.3 is 13.7 Å². The molecule has 7 heteroatoms. The number of para-hydroxylation sites is 5. The molecule has 19 rings (SSSR count). The molecule has 5 aromatic heterocycles. The van der Waals surface area contributed by atoms with Gasteiger partial charge in [-0.15, -0.1) is 0 Å². The highest BCUT2D eigenvalue weighted by Crippen LogP contribution is 2.41. The van der Waals surface area contributed by atoms with Gasteiger partial charge in [0.1, 0.15) is 0 Å². The van der Waals surface area contributed by atoms with E-state index in [-0.39, 0.29) is 0 Å². The topological polar surface area (TPSA) is 66.3 Å². The molecule has 464 valence electrons. The highest BCUT2D eigenvalue weighted by atomic mass is 15.0. The molecule has 0 amide bonds. The quantitative estimate of drug-likeness (QED) is 0.129. The van der Waals surface area contributed by atoms with Gasteiger partial charge in [0, 0.05) is 82.8 Å². The molecule has 0 bridgehead atoms. The third-order valence-corrected chi connectivity index (χ3v) is 19.0.